The first-order valence-electron chi connectivity index (χ1n) is 8.81. The molecule has 136 valence electrons. The highest BCUT2D eigenvalue weighted by Gasteiger charge is 2.18. The molecule has 0 saturated carbocycles. The predicted octanol–water partition coefficient (Wildman–Crippen LogP) is 6.40. The van der Waals surface area contributed by atoms with Crippen LogP contribution in [-0.4, -0.2) is 16.1 Å². The van der Waals surface area contributed by atoms with E-state index in [-0.39, 0.29) is 5.56 Å². The smallest absolute Gasteiger partial charge is 0.335 e. The van der Waals surface area contributed by atoms with Crippen LogP contribution in [0.1, 0.15) is 29.3 Å². The molecule has 0 radical (unpaired) electrons. The monoisotopic (exact) mass is 379 g/mol. The average molecular weight is 380 g/mol. The van der Waals surface area contributed by atoms with Gasteiger partial charge in [-0.25, -0.2) is 4.79 Å². The number of carboxylic acids is 1. The number of nitrogens with one attached hydrogen (secondary N) is 1. The molecule has 0 saturated heterocycles. The van der Waals surface area contributed by atoms with Gasteiger partial charge in [-0.05, 0) is 47.9 Å². The molecule has 4 nitrogen and oxygen atoms in total. The number of carboxylic acid groups (broad SMARTS) is 1. The maximum atomic E-state index is 11.0. The molecule has 2 aromatic carbocycles. The Morgan fingerprint density at radius 3 is 2.52 bits per heavy atom. The second-order valence-corrected chi connectivity index (χ2v) is 6.84. The Morgan fingerprint density at radius 1 is 1.07 bits per heavy atom. The van der Waals surface area contributed by atoms with Crippen molar-refractivity contribution in [3.8, 4) is 22.7 Å². The van der Waals surface area contributed by atoms with Gasteiger partial charge in [-0.2, -0.15) is 0 Å². The molecule has 0 fully saturated rings. The summed E-state index contributed by atoms with van der Waals surface area (Å²) in [6.07, 6.45) is 1.97. The third-order valence-corrected chi connectivity index (χ3v) is 5.00. The Bertz CT molecular complexity index is 1120. The van der Waals surface area contributed by atoms with Gasteiger partial charge >= 0.3 is 5.97 Å². The number of H-pyrrole nitrogens is 1. The van der Waals surface area contributed by atoms with E-state index in [2.05, 4.69) is 18.0 Å². The zero-order valence-corrected chi connectivity index (χ0v) is 15.5. The van der Waals surface area contributed by atoms with E-state index in [1.165, 1.54) is 0 Å². The lowest BCUT2D eigenvalue weighted by Crippen LogP contribution is -1.94. The first-order chi connectivity index (χ1) is 13.1. The largest absolute Gasteiger partial charge is 0.478 e. The third kappa shape index (κ3) is 3.13. The zero-order valence-electron chi connectivity index (χ0n) is 14.8. The molecule has 5 heteroatoms. The maximum absolute atomic E-state index is 11.0. The van der Waals surface area contributed by atoms with Gasteiger partial charge in [-0.3, -0.25) is 0 Å². The third-order valence-electron chi connectivity index (χ3n) is 4.63. The molecule has 0 aliphatic heterocycles. The SMILES string of the molecule is CCCc1cccc2c(Cl)c(-c3ccc(-c4ccc(C(=O)O)cc4)[nH]3)oc12. The fraction of sp³-hybridized carbons (Fsp3) is 0.136. The Hall–Kier alpha value is -2.98. The topological polar surface area (TPSA) is 66.2 Å². The Morgan fingerprint density at radius 2 is 1.81 bits per heavy atom. The van der Waals surface area contributed by atoms with Crippen LogP contribution in [0.3, 0.4) is 0 Å². The minimum Gasteiger partial charge on any atom is -0.478 e. The molecule has 0 bridgehead atoms. The molecule has 27 heavy (non-hydrogen) atoms. The lowest BCUT2D eigenvalue weighted by molar-refractivity contribution is 0.0697. The van der Waals surface area contributed by atoms with E-state index < -0.39 is 5.97 Å². The van der Waals surface area contributed by atoms with Crippen LogP contribution in [0.15, 0.2) is 59.0 Å². The van der Waals surface area contributed by atoms with E-state index in [4.69, 9.17) is 21.1 Å². The number of aryl methyl sites for hydroxylation is 1. The van der Waals surface area contributed by atoms with Crippen molar-refractivity contribution in [2.75, 3.05) is 0 Å². The van der Waals surface area contributed by atoms with Gasteiger partial charge in [-0.15, -0.1) is 0 Å². The van der Waals surface area contributed by atoms with Crippen molar-refractivity contribution in [1.82, 2.24) is 4.98 Å². The molecule has 0 aliphatic carbocycles. The van der Waals surface area contributed by atoms with E-state index in [9.17, 15) is 4.79 Å². The van der Waals surface area contributed by atoms with Gasteiger partial charge in [0.2, 0.25) is 0 Å². The van der Waals surface area contributed by atoms with Crippen molar-refractivity contribution >= 4 is 28.5 Å². The molecule has 0 spiro atoms. The summed E-state index contributed by atoms with van der Waals surface area (Å²) in [7, 11) is 0. The fourth-order valence-corrected chi connectivity index (χ4v) is 3.56. The summed E-state index contributed by atoms with van der Waals surface area (Å²) in [4.78, 5) is 14.3. The molecule has 4 rings (SSSR count). The number of benzene rings is 2. The van der Waals surface area contributed by atoms with Crippen LogP contribution in [0.25, 0.3) is 33.7 Å². The van der Waals surface area contributed by atoms with Crippen LogP contribution in [0, 0.1) is 0 Å². The Kier molecular flexibility index (Phi) is 4.50. The number of hydrogen-bond donors (Lipinski definition) is 2. The van der Waals surface area contributed by atoms with Gasteiger partial charge in [0.05, 0.1) is 16.3 Å². The standard InChI is InChI=1S/C22H18ClNO3/c1-2-4-14-5-3-6-16-19(23)21(27-20(14)16)18-12-11-17(24-18)13-7-9-15(10-8-13)22(25)26/h3,5-12,24H,2,4H2,1H3,(H,25,26). The van der Waals surface area contributed by atoms with Crippen molar-refractivity contribution in [3.05, 3.63) is 70.7 Å². The number of aromatic nitrogens is 1. The molecule has 0 aliphatic rings. The highest BCUT2D eigenvalue weighted by atomic mass is 35.5. The summed E-state index contributed by atoms with van der Waals surface area (Å²) in [5.74, 6) is -0.325. The van der Waals surface area contributed by atoms with Gasteiger partial charge < -0.3 is 14.5 Å². The van der Waals surface area contributed by atoms with E-state index >= 15 is 0 Å². The summed E-state index contributed by atoms with van der Waals surface area (Å²) in [6, 6.07) is 16.6. The van der Waals surface area contributed by atoms with Crippen molar-refractivity contribution in [1.29, 1.82) is 0 Å². The van der Waals surface area contributed by atoms with Crippen LogP contribution in [-0.2, 0) is 6.42 Å². The van der Waals surface area contributed by atoms with Gasteiger partial charge in [0, 0.05) is 11.1 Å². The van der Waals surface area contributed by atoms with Gasteiger partial charge in [0.15, 0.2) is 5.76 Å². The number of hydrogen-bond acceptors (Lipinski definition) is 2. The first-order valence-corrected chi connectivity index (χ1v) is 9.19. The van der Waals surface area contributed by atoms with Crippen molar-refractivity contribution in [2.24, 2.45) is 0 Å². The van der Waals surface area contributed by atoms with Crippen LogP contribution in [0.2, 0.25) is 5.02 Å². The predicted molar refractivity (Wildman–Crippen MR) is 107 cm³/mol. The van der Waals surface area contributed by atoms with Crippen molar-refractivity contribution < 1.29 is 14.3 Å². The van der Waals surface area contributed by atoms with Gasteiger partial charge in [0.25, 0.3) is 0 Å². The normalized spacial score (nSPS) is 11.2. The second-order valence-electron chi connectivity index (χ2n) is 6.46. The fourth-order valence-electron chi connectivity index (χ4n) is 3.28. The molecule has 2 heterocycles. The summed E-state index contributed by atoms with van der Waals surface area (Å²) in [6.45, 7) is 2.14. The first kappa shape index (κ1) is 17.4. The molecule has 0 unspecified atom stereocenters. The quantitative estimate of drug-likeness (QED) is 0.421. The number of para-hydroxylation sites is 1. The number of rotatable bonds is 5. The molecular weight excluding hydrogens is 362 g/mol. The van der Waals surface area contributed by atoms with Gasteiger partial charge in [0.1, 0.15) is 5.58 Å². The highest BCUT2D eigenvalue weighted by molar-refractivity contribution is 6.38. The number of aromatic carboxylic acids is 1. The Labute approximate surface area is 161 Å². The molecule has 2 aromatic heterocycles. The van der Waals surface area contributed by atoms with E-state index in [1.54, 1.807) is 24.3 Å². The molecule has 0 atom stereocenters. The van der Waals surface area contributed by atoms with Crippen LogP contribution >= 0.6 is 11.6 Å². The summed E-state index contributed by atoms with van der Waals surface area (Å²) in [5, 5.41) is 10.5. The summed E-state index contributed by atoms with van der Waals surface area (Å²) in [5.41, 5.74) is 4.79. The van der Waals surface area contributed by atoms with Crippen LogP contribution in [0.4, 0.5) is 0 Å². The summed E-state index contributed by atoms with van der Waals surface area (Å²) < 4.78 is 6.13. The van der Waals surface area contributed by atoms with Crippen LogP contribution < -0.4 is 0 Å². The van der Waals surface area contributed by atoms with E-state index in [0.717, 1.165) is 46.3 Å². The van der Waals surface area contributed by atoms with Crippen molar-refractivity contribution in [2.45, 2.75) is 19.8 Å². The number of fused-ring (bicyclic) bond motifs is 1. The van der Waals surface area contributed by atoms with Crippen LogP contribution in [0.5, 0.6) is 0 Å². The summed E-state index contributed by atoms with van der Waals surface area (Å²) >= 11 is 6.60. The lowest BCUT2D eigenvalue weighted by atomic mass is 10.1. The average Bonchev–Trinajstić information content (AvgIpc) is 3.28. The minimum atomic E-state index is -0.939. The minimum absolute atomic E-state index is 0.259. The van der Waals surface area contributed by atoms with Crippen molar-refractivity contribution in [3.63, 3.8) is 0 Å². The molecular formula is C22H18ClNO3. The van der Waals surface area contributed by atoms with E-state index in [0.29, 0.717) is 10.8 Å². The lowest BCUT2D eigenvalue weighted by Gasteiger charge is -2.00. The highest BCUT2D eigenvalue weighted by Crippen LogP contribution is 2.39. The molecule has 2 N–H and O–H groups in total. The molecule has 0 amide bonds. The Balaban J connectivity index is 1.74. The number of furan rings is 1. The number of halogens is 1. The maximum Gasteiger partial charge on any atom is 0.335 e. The second kappa shape index (κ2) is 6.97. The molecule has 4 aromatic rings. The zero-order chi connectivity index (χ0) is 19.0. The number of aromatic amines is 1. The number of carbonyl (C=O) groups is 1. The van der Waals surface area contributed by atoms with Gasteiger partial charge in [-0.1, -0.05) is 49.2 Å². The van der Waals surface area contributed by atoms with E-state index in [1.807, 2.05) is 24.3 Å².